The molecule has 0 aliphatic rings. The van der Waals surface area contributed by atoms with Gasteiger partial charge in [-0.2, -0.15) is 0 Å². The summed E-state index contributed by atoms with van der Waals surface area (Å²) in [6.07, 6.45) is 0. The van der Waals surface area contributed by atoms with Crippen LogP contribution >= 0.6 is 35.0 Å². The predicted molar refractivity (Wildman–Crippen MR) is 108 cm³/mol. The fourth-order valence-electron chi connectivity index (χ4n) is 2.43. The molecule has 1 aromatic heterocycles. The van der Waals surface area contributed by atoms with E-state index in [4.69, 9.17) is 33.7 Å². The van der Waals surface area contributed by atoms with Crippen LogP contribution in [0.2, 0.25) is 10.0 Å². The van der Waals surface area contributed by atoms with Gasteiger partial charge in [-0.15, -0.1) is 10.2 Å². The standard InChI is InChI=1S/C18H16Cl2N4O2S/c1-10(16(21)25)27-18-23-22-17(11-4-3-5-12(19)8-11)24(18)14-9-13(20)6-7-15(14)26-2/h3-10H,1-2H3,(H2,21,25)/t10-/m0/s1. The zero-order valence-corrected chi connectivity index (χ0v) is 16.8. The van der Waals surface area contributed by atoms with E-state index >= 15 is 0 Å². The lowest BCUT2D eigenvalue weighted by Crippen LogP contribution is -2.23. The number of nitrogens with two attached hydrogens (primary N) is 1. The van der Waals surface area contributed by atoms with Gasteiger partial charge in [-0.05, 0) is 37.3 Å². The average molecular weight is 423 g/mol. The van der Waals surface area contributed by atoms with E-state index in [1.807, 2.05) is 12.1 Å². The summed E-state index contributed by atoms with van der Waals surface area (Å²) in [5.74, 6) is 0.671. The van der Waals surface area contributed by atoms with Gasteiger partial charge in [-0.3, -0.25) is 9.36 Å². The van der Waals surface area contributed by atoms with Crippen molar-refractivity contribution in [1.29, 1.82) is 0 Å². The summed E-state index contributed by atoms with van der Waals surface area (Å²) in [5.41, 5.74) is 6.81. The fourth-order valence-corrected chi connectivity index (χ4v) is 3.60. The SMILES string of the molecule is COc1ccc(Cl)cc1-n1c(S[C@@H](C)C(N)=O)nnc1-c1cccc(Cl)c1. The highest BCUT2D eigenvalue weighted by atomic mass is 35.5. The molecule has 6 nitrogen and oxygen atoms in total. The van der Waals surface area contributed by atoms with E-state index in [0.29, 0.717) is 32.5 Å². The van der Waals surface area contributed by atoms with Crippen molar-refractivity contribution in [3.8, 4) is 22.8 Å². The van der Waals surface area contributed by atoms with Crippen molar-refractivity contribution in [1.82, 2.24) is 14.8 Å². The van der Waals surface area contributed by atoms with Gasteiger partial charge in [0.25, 0.3) is 0 Å². The molecule has 3 rings (SSSR count). The molecule has 0 saturated heterocycles. The van der Waals surface area contributed by atoms with Crippen molar-refractivity contribution in [2.24, 2.45) is 5.73 Å². The van der Waals surface area contributed by atoms with Crippen LogP contribution in [0.5, 0.6) is 5.75 Å². The van der Waals surface area contributed by atoms with Crippen LogP contribution < -0.4 is 10.5 Å². The van der Waals surface area contributed by atoms with Crippen LogP contribution in [0.25, 0.3) is 17.1 Å². The van der Waals surface area contributed by atoms with Crippen LogP contribution in [0, 0.1) is 0 Å². The number of methoxy groups -OCH3 is 1. The number of carbonyl (C=O) groups is 1. The van der Waals surface area contributed by atoms with Gasteiger partial charge in [0.05, 0.1) is 18.0 Å². The predicted octanol–water partition coefficient (Wildman–Crippen LogP) is 4.22. The topological polar surface area (TPSA) is 83.0 Å². The molecule has 27 heavy (non-hydrogen) atoms. The molecule has 2 N–H and O–H groups in total. The lowest BCUT2D eigenvalue weighted by molar-refractivity contribution is -0.117. The van der Waals surface area contributed by atoms with Gasteiger partial charge in [0.1, 0.15) is 5.75 Å². The molecule has 1 amide bonds. The molecule has 0 spiro atoms. The Kier molecular flexibility index (Phi) is 5.94. The number of rotatable bonds is 6. The van der Waals surface area contributed by atoms with E-state index in [0.717, 1.165) is 5.56 Å². The summed E-state index contributed by atoms with van der Waals surface area (Å²) in [7, 11) is 1.56. The molecular formula is C18H16Cl2N4O2S. The number of halogens is 2. The summed E-state index contributed by atoms with van der Waals surface area (Å²) < 4.78 is 7.26. The van der Waals surface area contributed by atoms with Gasteiger partial charge in [0.2, 0.25) is 5.91 Å². The number of amides is 1. The molecule has 9 heteroatoms. The summed E-state index contributed by atoms with van der Waals surface area (Å²) in [6, 6.07) is 12.5. The Bertz CT molecular complexity index is 993. The molecule has 1 heterocycles. The first-order valence-corrected chi connectivity index (χ1v) is 9.55. The summed E-state index contributed by atoms with van der Waals surface area (Å²) >= 11 is 13.6. The van der Waals surface area contributed by atoms with Crippen LogP contribution in [0.3, 0.4) is 0 Å². The van der Waals surface area contributed by atoms with E-state index in [9.17, 15) is 4.79 Å². The molecule has 0 unspecified atom stereocenters. The summed E-state index contributed by atoms with van der Waals surface area (Å²) in [5, 5.41) is 9.64. The molecule has 3 aromatic rings. The number of hydrogen-bond acceptors (Lipinski definition) is 5. The molecular weight excluding hydrogens is 407 g/mol. The van der Waals surface area contributed by atoms with E-state index in [1.165, 1.54) is 11.8 Å². The molecule has 0 aliphatic heterocycles. The monoisotopic (exact) mass is 422 g/mol. The summed E-state index contributed by atoms with van der Waals surface area (Å²) in [6.45, 7) is 1.71. The number of aromatic nitrogens is 3. The lowest BCUT2D eigenvalue weighted by atomic mass is 10.2. The highest BCUT2D eigenvalue weighted by Crippen LogP contribution is 2.35. The summed E-state index contributed by atoms with van der Waals surface area (Å²) in [4.78, 5) is 11.5. The zero-order valence-electron chi connectivity index (χ0n) is 14.5. The van der Waals surface area contributed by atoms with Crippen molar-refractivity contribution >= 4 is 40.9 Å². The number of benzene rings is 2. The minimum Gasteiger partial charge on any atom is -0.495 e. The van der Waals surface area contributed by atoms with Crippen LogP contribution in [0.1, 0.15) is 6.92 Å². The van der Waals surface area contributed by atoms with Crippen LogP contribution in [0.4, 0.5) is 0 Å². The lowest BCUT2D eigenvalue weighted by Gasteiger charge is -2.15. The second-order valence-electron chi connectivity index (χ2n) is 5.63. The zero-order chi connectivity index (χ0) is 19.6. The van der Waals surface area contributed by atoms with Crippen LogP contribution in [-0.4, -0.2) is 33.0 Å². The Labute approximate surface area is 170 Å². The van der Waals surface area contributed by atoms with E-state index in [1.54, 1.807) is 48.9 Å². The second-order valence-corrected chi connectivity index (χ2v) is 7.81. The number of primary amides is 1. The van der Waals surface area contributed by atoms with Crippen molar-refractivity contribution in [2.75, 3.05) is 7.11 Å². The highest BCUT2D eigenvalue weighted by Gasteiger charge is 2.22. The maximum Gasteiger partial charge on any atom is 0.230 e. The van der Waals surface area contributed by atoms with Gasteiger partial charge in [-0.1, -0.05) is 47.1 Å². The van der Waals surface area contributed by atoms with Gasteiger partial charge >= 0.3 is 0 Å². The van der Waals surface area contributed by atoms with Crippen molar-refractivity contribution in [3.63, 3.8) is 0 Å². The minimum atomic E-state index is -0.495. The number of hydrogen-bond donors (Lipinski definition) is 1. The largest absolute Gasteiger partial charge is 0.495 e. The number of thioether (sulfide) groups is 1. The van der Waals surface area contributed by atoms with Crippen molar-refractivity contribution in [2.45, 2.75) is 17.3 Å². The molecule has 0 radical (unpaired) electrons. The third-order valence-corrected chi connectivity index (χ3v) is 5.31. The normalized spacial score (nSPS) is 12.0. The second kappa shape index (κ2) is 8.21. The molecule has 0 bridgehead atoms. The van der Waals surface area contributed by atoms with Crippen molar-refractivity contribution < 1.29 is 9.53 Å². The Hall–Kier alpha value is -2.22. The molecule has 0 aliphatic carbocycles. The maximum absolute atomic E-state index is 11.5. The average Bonchev–Trinajstić information content (AvgIpc) is 3.05. The van der Waals surface area contributed by atoms with Crippen LogP contribution in [-0.2, 0) is 4.79 Å². The van der Waals surface area contributed by atoms with Gasteiger partial charge in [0, 0.05) is 15.6 Å². The smallest absolute Gasteiger partial charge is 0.230 e. The molecule has 140 valence electrons. The molecule has 0 fully saturated rings. The molecule has 1 atom stereocenters. The highest BCUT2D eigenvalue weighted by molar-refractivity contribution is 8.00. The Morgan fingerprint density at radius 3 is 2.59 bits per heavy atom. The Balaban J connectivity index is 2.23. The maximum atomic E-state index is 11.5. The quantitative estimate of drug-likeness (QED) is 0.601. The first-order chi connectivity index (χ1) is 12.9. The van der Waals surface area contributed by atoms with Crippen LogP contribution in [0.15, 0.2) is 47.6 Å². The Morgan fingerprint density at radius 1 is 1.19 bits per heavy atom. The van der Waals surface area contributed by atoms with E-state index < -0.39 is 11.2 Å². The third kappa shape index (κ3) is 4.21. The van der Waals surface area contributed by atoms with Gasteiger partial charge in [0.15, 0.2) is 11.0 Å². The number of ether oxygens (including phenoxy) is 1. The number of nitrogens with zero attached hydrogens (tertiary/aromatic N) is 3. The first kappa shape index (κ1) is 19.5. The van der Waals surface area contributed by atoms with E-state index in [-0.39, 0.29) is 0 Å². The first-order valence-electron chi connectivity index (χ1n) is 7.92. The van der Waals surface area contributed by atoms with Gasteiger partial charge in [-0.25, -0.2) is 0 Å². The van der Waals surface area contributed by atoms with E-state index in [2.05, 4.69) is 10.2 Å². The third-order valence-electron chi connectivity index (χ3n) is 3.78. The molecule has 2 aromatic carbocycles. The Morgan fingerprint density at radius 2 is 1.93 bits per heavy atom. The fraction of sp³-hybridized carbons (Fsp3) is 0.167. The van der Waals surface area contributed by atoms with Gasteiger partial charge < -0.3 is 10.5 Å². The van der Waals surface area contributed by atoms with Crippen molar-refractivity contribution in [3.05, 3.63) is 52.5 Å². The molecule has 0 saturated carbocycles. The minimum absolute atomic E-state index is 0.447. The number of carbonyl (C=O) groups excluding carboxylic acids is 1.